The first kappa shape index (κ1) is 17.3. The summed E-state index contributed by atoms with van der Waals surface area (Å²) in [4.78, 5) is 26.3. The highest BCUT2D eigenvalue weighted by atomic mass is 35.5. The second-order valence-corrected chi connectivity index (χ2v) is 7.22. The quantitative estimate of drug-likeness (QED) is 0.673. The summed E-state index contributed by atoms with van der Waals surface area (Å²) in [7, 11) is 0. The zero-order chi connectivity index (χ0) is 17.1. The van der Waals surface area contributed by atoms with Crippen molar-refractivity contribution >= 4 is 23.5 Å². The first-order valence-electron chi connectivity index (χ1n) is 8.78. The van der Waals surface area contributed by atoms with Gasteiger partial charge in [-0.25, -0.2) is 0 Å². The standard InChI is InChI=1S/C19H24ClNO3/c1-2-24-18(22)9-10-21(12-13-3-4-13)19(23)17-11-16(17)14-5-7-15(20)8-6-14/h5-8,13,16-17H,2-4,9-12H2,1H3/t16-,17+/m1/s1. The van der Waals surface area contributed by atoms with Crippen LogP contribution in [-0.4, -0.2) is 36.5 Å². The van der Waals surface area contributed by atoms with E-state index in [1.165, 1.54) is 18.4 Å². The van der Waals surface area contributed by atoms with Crippen LogP contribution in [0.3, 0.4) is 0 Å². The number of carbonyl (C=O) groups is 2. The molecule has 3 rings (SSSR count). The molecule has 2 aliphatic carbocycles. The molecule has 0 aromatic heterocycles. The molecule has 0 saturated heterocycles. The zero-order valence-corrected chi connectivity index (χ0v) is 14.8. The highest BCUT2D eigenvalue weighted by Crippen LogP contribution is 2.49. The summed E-state index contributed by atoms with van der Waals surface area (Å²) in [5, 5.41) is 0.715. The third-order valence-electron chi connectivity index (χ3n) is 4.78. The minimum atomic E-state index is -0.226. The zero-order valence-electron chi connectivity index (χ0n) is 14.0. The number of halogens is 1. The molecule has 2 saturated carbocycles. The van der Waals surface area contributed by atoms with Gasteiger partial charge in [0.1, 0.15) is 0 Å². The van der Waals surface area contributed by atoms with Crippen molar-refractivity contribution in [2.45, 2.75) is 38.5 Å². The third kappa shape index (κ3) is 4.50. The minimum Gasteiger partial charge on any atom is -0.466 e. The molecular formula is C19H24ClNO3. The lowest BCUT2D eigenvalue weighted by molar-refractivity contribution is -0.144. The minimum absolute atomic E-state index is 0.0483. The Morgan fingerprint density at radius 2 is 1.96 bits per heavy atom. The van der Waals surface area contributed by atoms with Crippen molar-refractivity contribution in [2.24, 2.45) is 11.8 Å². The van der Waals surface area contributed by atoms with Gasteiger partial charge >= 0.3 is 5.97 Å². The van der Waals surface area contributed by atoms with E-state index < -0.39 is 0 Å². The second kappa shape index (κ2) is 7.56. The summed E-state index contributed by atoms with van der Waals surface area (Å²) in [6.45, 7) is 3.43. The molecule has 0 radical (unpaired) electrons. The highest BCUT2D eigenvalue weighted by molar-refractivity contribution is 6.30. The molecule has 1 aromatic rings. The number of esters is 1. The van der Waals surface area contributed by atoms with Crippen molar-refractivity contribution in [3.05, 3.63) is 34.9 Å². The lowest BCUT2D eigenvalue weighted by Crippen LogP contribution is -2.36. The molecule has 1 amide bonds. The molecule has 2 fully saturated rings. The maximum atomic E-state index is 12.8. The summed E-state index contributed by atoms with van der Waals surface area (Å²) in [6.07, 6.45) is 3.55. The van der Waals surface area contributed by atoms with E-state index in [9.17, 15) is 9.59 Å². The maximum Gasteiger partial charge on any atom is 0.307 e. The fourth-order valence-electron chi connectivity index (χ4n) is 3.14. The molecule has 0 unspecified atom stereocenters. The van der Waals surface area contributed by atoms with Crippen LogP contribution in [0.1, 0.15) is 44.1 Å². The Morgan fingerprint density at radius 3 is 2.58 bits per heavy atom. The first-order chi connectivity index (χ1) is 11.6. The van der Waals surface area contributed by atoms with Crippen LogP contribution in [0.2, 0.25) is 5.02 Å². The number of carbonyl (C=O) groups excluding carboxylic acids is 2. The molecule has 0 N–H and O–H groups in total. The van der Waals surface area contributed by atoms with Crippen molar-refractivity contribution in [1.29, 1.82) is 0 Å². The average molecular weight is 350 g/mol. The largest absolute Gasteiger partial charge is 0.466 e. The van der Waals surface area contributed by atoms with Gasteiger partial charge in [0.25, 0.3) is 0 Å². The van der Waals surface area contributed by atoms with Crippen molar-refractivity contribution in [1.82, 2.24) is 4.90 Å². The number of hydrogen-bond donors (Lipinski definition) is 0. The van der Waals surface area contributed by atoms with Crippen LogP contribution in [0, 0.1) is 11.8 Å². The fourth-order valence-corrected chi connectivity index (χ4v) is 3.27. The maximum absolute atomic E-state index is 12.8. The molecule has 24 heavy (non-hydrogen) atoms. The average Bonchev–Trinajstić information content (AvgIpc) is 3.45. The Morgan fingerprint density at radius 1 is 1.25 bits per heavy atom. The van der Waals surface area contributed by atoms with Crippen LogP contribution in [0.4, 0.5) is 0 Å². The molecule has 5 heteroatoms. The van der Waals surface area contributed by atoms with E-state index in [1.807, 2.05) is 29.2 Å². The first-order valence-corrected chi connectivity index (χ1v) is 9.16. The number of hydrogen-bond acceptors (Lipinski definition) is 3. The van der Waals surface area contributed by atoms with Crippen LogP contribution >= 0.6 is 11.6 Å². The fraction of sp³-hybridized carbons (Fsp3) is 0.579. The van der Waals surface area contributed by atoms with Crippen LogP contribution in [0.25, 0.3) is 0 Å². The molecule has 0 heterocycles. The molecule has 2 aliphatic rings. The smallest absolute Gasteiger partial charge is 0.307 e. The molecule has 0 bridgehead atoms. The van der Waals surface area contributed by atoms with Gasteiger partial charge in [-0.2, -0.15) is 0 Å². The topological polar surface area (TPSA) is 46.6 Å². The monoisotopic (exact) mass is 349 g/mol. The summed E-state index contributed by atoms with van der Waals surface area (Å²) >= 11 is 5.93. The van der Waals surface area contributed by atoms with E-state index in [1.54, 1.807) is 6.92 Å². The number of benzene rings is 1. The second-order valence-electron chi connectivity index (χ2n) is 6.78. The lowest BCUT2D eigenvalue weighted by atomic mass is 10.1. The van der Waals surface area contributed by atoms with Crippen molar-refractivity contribution in [2.75, 3.05) is 19.7 Å². The number of ether oxygens (including phenoxy) is 1. The van der Waals surface area contributed by atoms with Crippen molar-refractivity contribution < 1.29 is 14.3 Å². The number of nitrogens with zero attached hydrogens (tertiary/aromatic N) is 1. The van der Waals surface area contributed by atoms with E-state index in [2.05, 4.69) is 0 Å². The van der Waals surface area contributed by atoms with E-state index >= 15 is 0 Å². The Balaban J connectivity index is 1.57. The SMILES string of the molecule is CCOC(=O)CCN(CC1CC1)C(=O)[C@H]1C[C@@H]1c1ccc(Cl)cc1. The molecule has 0 aliphatic heterocycles. The van der Waals surface area contributed by atoms with Gasteiger partial charge in [-0.3, -0.25) is 9.59 Å². The van der Waals surface area contributed by atoms with Gasteiger partial charge in [0.05, 0.1) is 13.0 Å². The number of amides is 1. The summed E-state index contributed by atoms with van der Waals surface area (Å²) < 4.78 is 4.98. The molecule has 0 spiro atoms. The summed E-state index contributed by atoms with van der Waals surface area (Å²) in [6, 6.07) is 7.76. The van der Waals surface area contributed by atoms with Gasteiger partial charge in [-0.15, -0.1) is 0 Å². The predicted octanol–water partition coefficient (Wildman–Crippen LogP) is 3.64. The van der Waals surface area contributed by atoms with Gasteiger partial charge < -0.3 is 9.64 Å². The van der Waals surface area contributed by atoms with E-state index in [0.717, 1.165) is 13.0 Å². The summed E-state index contributed by atoms with van der Waals surface area (Å²) in [5.41, 5.74) is 1.18. The third-order valence-corrected chi connectivity index (χ3v) is 5.04. The molecule has 2 atom stereocenters. The molecule has 4 nitrogen and oxygen atoms in total. The number of rotatable bonds is 8. The van der Waals surface area contributed by atoms with E-state index in [-0.39, 0.29) is 24.2 Å². The van der Waals surface area contributed by atoms with Gasteiger partial charge in [0, 0.05) is 24.0 Å². The van der Waals surface area contributed by atoms with E-state index in [4.69, 9.17) is 16.3 Å². The normalized spacial score (nSPS) is 22.1. The van der Waals surface area contributed by atoms with Gasteiger partial charge in [-0.1, -0.05) is 23.7 Å². The molecular weight excluding hydrogens is 326 g/mol. The van der Waals surface area contributed by atoms with Crippen molar-refractivity contribution in [3.63, 3.8) is 0 Å². The Labute approximate surface area is 148 Å². The Bertz CT molecular complexity index is 597. The Kier molecular flexibility index (Phi) is 5.44. The van der Waals surface area contributed by atoms with E-state index in [0.29, 0.717) is 30.0 Å². The lowest BCUT2D eigenvalue weighted by Gasteiger charge is -2.22. The molecule has 130 valence electrons. The van der Waals surface area contributed by atoms with Gasteiger partial charge in [-0.05, 0) is 55.7 Å². The Hall–Kier alpha value is -1.55. The molecule has 1 aromatic carbocycles. The highest BCUT2D eigenvalue weighted by Gasteiger charge is 2.46. The van der Waals surface area contributed by atoms with Crippen LogP contribution in [0.15, 0.2) is 24.3 Å². The van der Waals surface area contributed by atoms with Gasteiger partial charge in [0.15, 0.2) is 0 Å². The van der Waals surface area contributed by atoms with Crippen molar-refractivity contribution in [3.8, 4) is 0 Å². The van der Waals surface area contributed by atoms with Crippen LogP contribution in [-0.2, 0) is 14.3 Å². The van der Waals surface area contributed by atoms with Gasteiger partial charge in [0.2, 0.25) is 5.91 Å². The predicted molar refractivity (Wildman–Crippen MR) is 92.9 cm³/mol. The van der Waals surface area contributed by atoms with Crippen LogP contribution < -0.4 is 0 Å². The summed E-state index contributed by atoms with van der Waals surface area (Å²) in [5.74, 6) is 0.914. The van der Waals surface area contributed by atoms with Crippen LogP contribution in [0.5, 0.6) is 0 Å².